The number of ether oxygens (including phenoxy) is 1. The van der Waals surface area contributed by atoms with Crippen molar-refractivity contribution >= 4 is 21.1 Å². The highest BCUT2D eigenvalue weighted by Gasteiger charge is 2.29. The summed E-state index contributed by atoms with van der Waals surface area (Å²) >= 11 is 0. The summed E-state index contributed by atoms with van der Waals surface area (Å²) in [6.45, 7) is 8.40. The minimum Gasteiger partial charge on any atom is -0.493 e. The maximum Gasteiger partial charge on any atom is 0.277 e. The van der Waals surface area contributed by atoms with E-state index in [1.54, 1.807) is 19.2 Å². The standard InChI is InChI=1S/C22H30N6O4S/c1-6-32-17-8-7-15(33(30,31)28-11-9-26(4)10-12-28)13-16(17)21-23-19-18(14(2)3)25-27(5)20(19)22(29)24-21/h7-8,13-14H,6,9-12H2,1-5H3,(H,23,24,29). The topological polar surface area (TPSA) is 113 Å². The molecule has 1 N–H and O–H groups in total. The summed E-state index contributed by atoms with van der Waals surface area (Å²) in [7, 11) is -0.0217. The summed E-state index contributed by atoms with van der Waals surface area (Å²) in [4.78, 5) is 22.7. The quantitative estimate of drug-likeness (QED) is 0.579. The molecule has 178 valence electrons. The van der Waals surface area contributed by atoms with Crippen molar-refractivity contribution in [1.82, 2.24) is 29.0 Å². The van der Waals surface area contributed by atoms with E-state index in [9.17, 15) is 13.2 Å². The molecule has 4 rings (SSSR count). The van der Waals surface area contributed by atoms with Gasteiger partial charge in [0.25, 0.3) is 5.56 Å². The molecule has 0 unspecified atom stereocenters. The van der Waals surface area contributed by atoms with Gasteiger partial charge >= 0.3 is 0 Å². The summed E-state index contributed by atoms with van der Waals surface area (Å²) in [6, 6.07) is 4.70. The van der Waals surface area contributed by atoms with Gasteiger partial charge in [-0.25, -0.2) is 13.4 Å². The number of aryl methyl sites for hydroxylation is 1. The molecule has 1 fully saturated rings. The van der Waals surface area contributed by atoms with Crippen molar-refractivity contribution in [2.45, 2.75) is 31.6 Å². The predicted octanol–water partition coefficient (Wildman–Crippen LogP) is 1.78. The first-order valence-electron chi connectivity index (χ1n) is 11.1. The molecular weight excluding hydrogens is 444 g/mol. The van der Waals surface area contributed by atoms with Crippen LogP contribution in [0, 0.1) is 0 Å². The van der Waals surface area contributed by atoms with E-state index < -0.39 is 10.0 Å². The fourth-order valence-electron chi connectivity index (χ4n) is 4.03. The minimum atomic E-state index is -3.70. The van der Waals surface area contributed by atoms with Crippen molar-refractivity contribution in [3.8, 4) is 17.1 Å². The number of H-pyrrole nitrogens is 1. The van der Waals surface area contributed by atoms with Gasteiger partial charge in [0, 0.05) is 33.2 Å². The number of aromatic amines is 1. The average molecular weight is 475 g/mol. The first kappa shape index (κ1) is 23.4. The lowest BCUT2D eigenvalue weighted by molar-refractivity contribution is 0.222. The Morgan fingerprint density at radius 1 is 1.15 bits per heavy atom. The van der Waals surface area contributed by atoms with Crippen molar-refractivity contribution in [2.24, 2.45) is 7.05 Å². The Bertz CT molecular complexity index is 1340. The number of benzene rings is 1. The van der Waals surface area contributed by atoms with Crippen LogP contribution in [-0.2, 0) is 17.1 Å². The van der Waals surface area contributed by atoms with Crippen LogP contribution in [0.2, 0.25) is 0 Å². The zero-order valence-electron chi connectivity index (χ0n) is 19.6. The summed E-state index contributed by atoms with van der Waals surface area (Å²) in [6.07, 6.45) is 0. The van der Waals surface area contributed by atoms with Gasteiger partial charge in [-0.3, -0.25) is 9.48 Å². The van der Waals surface area contributed by atoms with Crippen LogP contribution in [0.1, 0.15) is 32.4 Å². The first-order chi connectivity index (χ1) is 15.6. The van der Waals surface area contributed by atoms with E-state index >= 15 is 0 Å². The first-order valence-corrected chi connectivity index (χ1v) is 12.5. The number of aromatic nitrogens is 4. The molecule has 3 aromatic rings. The third-order valence-corrected chi connectivity index (χ3v) is 7.77. The van der Waals surface area contributed by atoms with Crippen molar-refractivity contribution < 1.29 is 13.2 Å². The van der Waals surface area contributed by atoms with Gasteiger partial charge in [-0.1, -0.05) is 13.8 Å². The van der Waals surface area contributed by atoms with E-state index in [1.807, 2.05) is 27.8 Å². The normalized spacial score (nSPS) is 16.1. The molecule has 0 bridgehead atoms. The Morgan fingerprint density at radius 3 is 2.48 bits per heavy atom. The van der Waals surface area contributed by atoms with Gasteiger partial charge in [-0.2, -0.15) is 9.40 Å². The van der Waals surface area contributed by atoms with Crippen LogP contribution in [0.25, 0.3) is 22.4 Å². The molecule has 2 aromatic heterocycles. The molecular formula is C22H30N6O4S. The van der Waals surface area contributed by atoms with Crippen LogP contribution in [-0.4, -0.2) is 77.2 Å². The van der Waals surface area contributed by atoms with Crippen molar-refractivity contribution in [2.75, 3.05) is 39.8 Å². The minimum absolute atomic E-state index is 0.0613. The number of fused-ring (bicyclic) bond motifs is 1. The Kier molecular flexibility index (Phi) is 6.30. The lowest BCUT2D eigenvalue weighted by atomic mass is 10.1. The number of hydrogen-bond acceptors (Lipinski definition) is 7. The van der Waals surface area contributed by atoms with Crippen LogP contribution < -0.4 is 10.3 Å². The molecule has 0 spiro atoms. The van der Waals surface area contributed by atoms with Gasteiger partial charge in [-0.15, -0.1) is 0 Å². The Hall–Kier alpha value is -2.76. The molecule has 1 aliphatic rings. The molecule has 1 saturated heterocycles. The third kappa shape index (κ3) is 4.28. The largest absolute Gasteiger partial charge is 0.493 e. The summed E-state index contributed by atoms with van der Waals surface area (Å²) < 4.78 is 35.4. The molecule has 0 atom stereocenters. The maximum absolute atomic E-state index is 13.3. The van der Waals surface area contributed by atoms with E-state index in [1.165, 1.54) is 15.1 Å². The molecule has 10 nitrogen and oxygen atoms in total. The van der Waals surface area contributed by atoms with Crippen LogP contribution in [0.15, 0.2) is 27.9 Å². The molecule has 1 aromatic carbocycles. The fraction of sp³-hybridized carbons (Fsp3) is 0.500. The molecule has 0 saturated carbocycles. The number of nitrogens with one attached hydrogen (secondary N) is 1. The lowest BCUT2D eigenvalue weighted by Crippen LogP contribution is -2.47. The second-order valence-corrected chi connectivity index (χ2v) is 10.5. The van der Waals surface area contributed by atoms with Gasteiger partial charge in [-0.05, 0) is 38.1 Å². The fourth-order valence-corrected chi connectivity index (χ4v) is 5.48. The zero-order valence-corrected chi connectivity index (χ0v) is 20.4. The predicted molar refractivity (Wildman–Crippen MR) is 126 cm³/mol. The van der Waals surface area contributed by atoms with E-state index in [0.717, 1.165) is 0 Å². The third-order valence-electron chi connectivity index (χ3n) is 5.87. The zero-order chi connectivity index (χ0) is 23.9. The second kappa shape index (κ2) is 8.88. The summed E-state index contributed by atoms with van der Waals surface area (Å²) in [5.74, 6) is 0.764. The molecule has 0 radical (unpaired) electrons. The maximum atomic E-state index is 13.3. The Labute approximate surface area is 193 Å². The van der Waals surface area contributed by atoms with Gasteiger partial charge in [0.15, 0.2) is 5.52 Å². The van der Waals surface area contributed by atoms with E-state index in [-0.39, 0.29) is 22.2 Å². The van der Waals surface area contributed by atoms with Gasteiger partial charge < -0.3 is 14.6 Å². The van der Waals surface area contributed by atoms with Crippen molar-refractivity contribution in [1.29, 1.82) is 0 Å². The van der Waals surface area contributed by atoms with Crippen molar-refractivity contribution in [3.63, 3.8) is 0 Å². The number of likely N-dealkylation sites (N-methyl/N-ethyl adjacent to an activating group) is 1. The number of piperazine rings is 1. The Morgan fingerprint density at radius 2 is 1.85 bits per heavy atom. The number of rotatable bonds is 6. The summed E-state index contributed by atoms with van der Waals surface area (Å²) in [5.41, 5.74) is 1.66. The highest BCUT2D eigenvalue weighted by atomic mass is 32.2. The van der Waals surface area contributed by atoms with Gasteiger partial charge in [0.05, 0.1) is 22.8 Å². The molecule has 0 aliphatic carbocycles. The van der Waals surface area contributed by atoms with Gasteiger partial charge in [0.1, 0.15) is 17.1 Å². The van der Waals surface area contributed by atoms with Crippen LogP contribution in [0.3, 0.4) is 0 Å². The molecule has 3 heterocycles. The molecule has 1 aliphatic heterocycles. The van der Waals surface area contributed by atoms with E-state index in [4.69, 9.17) is 9.72 Å². The van der Waals surface area contributed by atoms with Crippen LogP contribution in [0.5, 0.6) is 5.75 Å². The van der Waals surface area contributed by atoms with Crippen LogP contribution >= 0.6 is 0 Å². The number of nitrogens with zero attached hydrogens (tertiary/aromatic N) is 5. The van der Waals surface area contributed by atoms with E-state index in [0.29, 0.717) is 60.8 Å². The smallest absolute Gasteiger partial charge is 0.277 e. The SMILES string of the molecule is CCOc1ccc(S(=O)(=O)N2CCN(C)CC2)cc1-c1nc2c(C(C)C)nn(C)c2c(=O)[nH]1. The highest BCUT2D eigenvalue weighted by Crippen LogP contribution is 2.32. The molecule has 33 heavy (non-hydrogen) atoms. The summed E-state index contributed by atoms with van der Waals surface area (Å²) in [5, 5.41) is 4.46. The Balaban J connectivity index is 1.87. The number of hydrogen-bond donors (Lipinski definition) is 1. The lowest BCUT2D eigenvalue weighted by Gasteiger charge is -2.31. The van der Waals surface area contributed by atoms with E-state index in [2.05, 4.69) is 15.0 Å². The second-order valence-electron chi connectivity index (χ2n) is 8.57. The van der Waals surface area contributed by atoms with Crippen molar-refractivity contribution in [3.05, 3.63) is 34.2 Å². The monoisotopic (exact) mass is 474 g/mol. The van der Waals surface area contributed by atoms with Crippen LogP contribution in [0.4, 0.5) is 0 Å². The van der Waals surface area contributed by atoms with Gasteiger partial charge in [0.2, 0.25) is 10.0 Å². The average Bonchev–Trinajstić information content (AvgIpc) is 3.11. The molecule has 0 amide bonds. The molecule has 11 heteroatoms. The number of sulfonamides is 1. The highest BCUT2D eigenvalue weighted by molar-refractivity contribution is 7.89.